The number of H-pyrrole nitrogens is 1. The van der Waals surface area contributed by atoms with Crippen LogP contribution in [0.5, 0.6) is 0 Å². The summed E-state index contributed by atoms with van der Waals surface area (Å²) in [6.07, 6.45) is 36.5. The lowest BCUT2D eigenvalue weighted by molar-refractivity contribution is -0.157. The maximum Gasteiger partial charge on any atom is 0.328 e. The van der Waals surface area contributed by atoms with E-state index in [4.69, 9.17) is 32.4 Å². The number of aliphatic hydroxyl groups is 1. The molecule has 1 aromatic carbocycles. The number of anilines is 1. The third kappa shape index (κ3) is 44.4. The molecule has 2 heterocycles. The van der Waals surface area contributed by atoms with Gasteiger partial charge in [0.15, 0.2) is 5.65 Å². The van der Waals surface area contributed by atoms with Gasteiger partial charge in [-0.05, 0) is 134 Å². The Kier molecular flexibility index (Phi) is 55.7. The van der Waals surface area contributed by atoms with E-state index in [1.54, 1.807) is 30.5 Å². The van der Waals surface area contributed by atoms with Gasteiger partial charge in [-0.2, -0.15) is 16.7 Å². The van der Waals surface area contributed by atoms with Crippen LogP contribution in [0, 0.1) is 0 Å². The second-order valence-electron chi connectivity index (χ2n) is 29.8. The predicted octanol–water partition coefficient (Wildman–Crippen LogP) is 9.65. The quantitative estimate of drug-likeness (QED) is 0.0185. The third-order valence-electron chi connectivity index (χ3n) is 19.9. The molecule has 7 atom stereocenters. The number of imidazole rings is 1. The minimum atomic E-state index is -1.61. The lowest BCUT2D eigenvalue weighted by atomic mass is 10.0. The van der Waals surface area contributed by atoms with Gasteiger partial charge in [-0.1, -0.05) is 193 Å². The number of carbonyl (C=O) groups excluding carboxylic acids is 8. The van der Waals surface area contributed by atoms with Crippen LogP contribution in [0.2, 0.25) is 0 Å². The first-order chi connectivity index (χ1) is 54.3. The van der Waals surface area contributed by atoms with Gasteiger partial charge in [-0.3, -0.25) is 42.9 Å². The van der Waals surface area contributed by atoms with E-state index in [0.29, 0.717) is 93.6 Å². The number of nitrogens with zero attached hydrogens (tertiary/aromatic N) is 3. The molecule has 3 aromatic rings. The molecule has 0 saturated carbocycles. The van der Waals surface area contributed by atoms with Crippen molar-refractivity contribution in [3.63, 3.8) is 0 Å². The van der Waals surface area contributed by atoms with Gasteiger partial charge in [0.25, 0.3) is 5.91 Å². The molecule has 0 bridgehead atoms. The Morgan fingerprint density at radius 3 is 1.40 bits per heavy atom. The number of amides is 6. The number of carboxylic acids is 1. The van der Waals surface area contributed by atoms with E-state index in [0.717, 1.165) is 56.9 Å². The van der Waals surface area contributed by atoms with Crippen LogP contribution in [-0.4, -0.2) is 183 Å². The lowest BCUT2D eigenvalue weighted by Gasteiger charge is -2.27. The lowest BCUT2D eigenvalue weighted by Crippen LogP contribution is -2.59. The summed E-state index contributed by atoms with van der Waals surface area (Å²) in [5, 5.41) is 39.8. The van der Waals surface area contributed by atoms with Crippen molar-refractivity contribution in [3.05, 3.63) is 52.1 Å². The zero-order valence-corrected chi connectivity index (χ0v) is 68.9. The SMILES string of the molecule is CCCCCCCCCCCCCCCC(=O)OCC(CSC[C@H](N)C(=O)N[C@@H](CO)C(=O)N[C@@H](CCCCN)C(=O)N[C@@H](CCCCNC(=O)c1ccc(Cn2c(=O)[nH]c3cnc(NCCCC)nc32)cc1)C(=O)N[C@@H](CCCCN)C(=O)N[C@@H](CCCCN)C(=O)O)OC(=O)CCCCCCCCCCCCCCC. The predicted molar refractivity (Wildman–Crippen MR) is 443 cm³/mol. The van der Waals surface area contributed by atoms with Gasteiger partial charge in [0.1, 0.15) is 48.4 Å². The highest BCUT2D eigenvalue weighted by molar-refractivity contribution is 7.99. The third-order valence-corrected chi connectivity index (χ3v) is 21.1. The Hall–Kier alpha value is -7.25. The number of nitrogens with one attached hydrogen (secondary N) is 8. The number of aliphatic carboxylic acids is 1. The zero-order chi connectivity index (χ0) is 81.8. The Bertz CT molecular complexity index is 3160. The number of thioether (sulfide) groups is 1. The fraction of sp³-hybridized carbons (Fsp3) is 0.756. The number of benzene rings is 1. The van der Waals surface area contributed by atoms with Gasteiger partial charge in [0.05, 0.1) is 25.4 Å². The van der Waals surface area contributed by atoms with Crippen LogP contribution in [0.1, 0.15) is 306 Å². The van der Waals surface area contributed by atoms with Crippen LogP contribution in [0.15, 0.2) is 35.3 Å². The first kappa shape index (κ1) is 98.9. The fourth-order valence-electron chi connectivity index (χ4n) is 13.0. The summed E-state index contributed by atoms with van der Waals surface area (Å²) in [5.74, 6) is -6.16. The summed E-state index contributed by atoms with van der Waals surface area (Å²) in [5.41, 5.74) is 25.3. The number of hydrogen-bond donors (Lipinski definition) is 14. The number of unbranched alkanes of at least 4 members (excludes halogenated alkanes) is 29. The Morgan fingerprint density at radius 2 is 0.938 bits per heavy atom. The number of carboxylic acid groups (broad SMARTS) is 1. The Morgan fingerprint density at radius 1 is 0.509 bits per heavy atom. The smallest absolute Gasteiger partial charge is 0.328 e. The molecule has 0 aliphatic heterocycles. The summed E-state index contributed by atoms with van der Waals surface area (Å²) in [4.78, 5) is 148. The maximum absolute atomic E-state index is 14.6. The van der Waals surface area contributed by atoms with E-state index in [1.807, 2.05) is 0 Å². The highest BCUT2D eigenvalue weighted by Gasteiger charge is 2.33. The number of esters is 2. The van der Waals surface area contributed by atoms with Crippen molar-refractivity contribution in [3.8, 4) is 0 Å². The molecule has 1 unspecified atom stereocenters. The number of aliphatic hydroxyl groups excluding tert-OH is 1. The van der Waals surface area contributed by atoms with Crippen LogP contribution in [-0.2, 0) is 54.4 Å². The summed E-state index contributed by atoms with van der Waals surface area (Å²) in [6.45, 7) is 7.25. The van der Waals surface area contributed by atoms with Crippen LogP contribution in [0.25, 0.3) is 11.2 Å². The molecule has 0 aliphatic carbocycles. The van der Waals surface area contributed by atoms with Crippen LogP contribution < -0.4 is 65.8 Å². The highest BCUT2D eigenvalue weighted by Crippen LogP contribution is 2.20. The van der Waals surface area contributed by atoms with Gasteiger partial charge >= 0.3 is 23.6 Å². The molecule has 6 amide bonds. The van der Waals surface area contributed by atoms with Crippen molar-refractivity contribution in [2.45, 2.75) is 339 Å². The highest BCUT2D eigenvalue weighted by atomic mass is 32.2. The average molecular weight is 1600 g/mol. The first-order valence-electron chi connectivity index (χ1n) is 42.5. The Labute approximate surface area is 670 Å². The number of ether oxygens (including phenoxy) is 2. The number of aromatic amines is 1. The number of hydrogen-bond acceptors (Lipinski definition) is 21. The minimum absolute atomic E-state index is 0.00265. The topological polar surface area (TPSA) is 464 Å². The molecule has 18 N–H and O–H groups in total. The van der Waals surface area contributed by atoms with Gasteiger partial charge in [-0.25, -0.2) is 14.6 Å². The van der Waals surface area contributed by atoms with Crippen molar-refractivity contribution in [1.29, 1.82) is 0 Å². The average Bonchev–Trinajstić information content (AvgIpc) is 1.65. The molecule has 0 saturated heterocycles. The number of fused-ring (bicyclic) bond motifs is 1. The van der Waals surface area contributed by atoms with Gasteiger partial charge in [0, 0.05) is 43.0 Å². The molecule has 0 aliphatic rings. The van der Waals surface area contributed by atoms with Gasteiger partial charge < -0.3 is 84.8 Å². The molecule has 0 fully saturated rings. The fourth-order valence-corrected chi connectivity index (χ4v) is 13.9. The van der Waals surface area contributed by atoms with Crippen molar-refractivity contribution < 1.29 is 62.8 Å². The number of aromatic nitrogens is 4. The van der Waals surface area contributed by atoms with E-state index in [9.17, 15) is 58.2 Å². The minimum Gasteiger partial charge on any atom is -0.480 e. The van der Waals surface area contributed by atoms with Crippen LogP contribution in [0.3, 0.4) is 0 Å². The zero-order valence-electron chi connectivity index (χ0n) is 68.1. The molecule has 3 rings (SSSR count). The summed E-state index contributed by atoms with van der Waals surface area (Å²) < 4.78 is 13.0. The van der Waals surface area contributed by atoms with Gasteiger partial charge in [-0.15, -0.1) is 0 Å². The molecule has 30 heteroatoms. The number of carbonyl (C=O) groups is 9. The van der Waals surface area contributed by atoms with E-state index in [-0.39, 0.29) is 101 Å². The van der Waals surface area contributed by atoms with E-state index < -0.39 is 96.3 Å². The van der Waals surface area contributed by atoms with Gasteiger partial charge in [0.2, 0.25) is 35.5 Å². The molecular formula is C82H143N15O14S. The Balaban J connectivity index is 1.72. The molecule has 0 spiro atoms. The molecule has 29 nitrogen and oxygen atoms in total. The summed E-state index contributed by atoms with van der Waals surface area (Å²) in [7, 11) is 0. The standard InChI is InChI=1S/C82H143N15O14S/c1-4-7-10-12-14-16-18-20-22-24-26-28-30-44-71(99)110-58-63(111-72(100)45-31-29-27-25-23-21-19-17-15-13-11-8-5-2)59-112-60-64(86)75(102)94-70(57-98)79(106)92-65(40-32-36-50-83)76(103)91-67(77(104)90-66(41-33-37-51-84)78(105)93-68(80(107)108)43-34-38-52-85)42-35-39-54-87-74(101)62-48-46-61(47-49-62)56-97-73-69(95-82(97)109)55-89-81(96-73)88-53-9-6-3/h46-49,55,63-68,70,98H,4-45,50-54,56-60,83-86H2,1-3H3,(H,87,101)(H,90,104)(H,91,103)(H,92,106)(H,93,105)(H,94,102)(H,95,109)(H,107,108)(H,88,89,96)/t63?,64-,65-,66-,67-,68-,70-/m0/s1. The number of rotatable bonds is 71. The van der Waals surface area contributed by atoms with Crippen molar-refractivity contribution in [2.75, 3.05) is 62.8 Å². The van der Waals surface area contributed by atoms with Crippen molar-refractivity contribution in [1.82, 2.24) is 51.4 Å². The van der Waals surface area contributed by atoms with Crippen LogP contribution >= 0.6 is 11.8 Å². The summed E-state index contributed by atoms with van der Waals surface area (Å²) >= 11 is 1.18. The normalized spacial score (nSPS) is 13.2. The number of nitrogens with two attached hydrogens (primary N) is 4. The maximum atomic E-state index is 14.6. The van der Waals surface area contributed by atoms with Crippen molar-refractivity contribution in [2.24, 2.45) is 22.9 Å². The molecule has 636 valence electrons. The van der Waals surface area contributed by atoms with E-state index in [2.05, 4.69) is 72.9 Å². The molecular weight excluding hydrogens is 1450 g/mol. The monoisotopic (exact) mass is 1590 g/mol. The molecule has 0 radical (unpaired) electrons. The van der Waals surface area contributed by atoms with E-state index in [1.165, 1.54) is 132 Å². The second-order valence-corrected chi connectivity index (χ2v) is 30.9. The van der Waals surface area contributed by atoms with Crippen molar-refractivity contribution >= 4 is 82.2 Å². The second kappa shape index (κ2) is 63.1. The summed E-state index contributed by atoms with van der Waals surface area (Å²) in [6, 6.07) is -1.42. The largest absolute Gasteiger partial charge is 0.480 e. The van der Waals surface area contributed by atoms with E-state index >= 15 is 0 Å². The van der Waals surface area contributed by atoms with Crippen LogP contribution in [0.4, 0.5) is 5.95 Å². The molecule has 112 heavy (non-hydrogen) atoms. The molecule has 2 aromatic heterocycles. The first-order valence-corrected chi connectivity index (χ1v) is 43.7.